The van der Waals surface area contributed by atoms with Crippen LogP contribution in [0.15, 0.2) is 164 Å². The van der Waals surface area contributed by atoms with Crippen LogP contribution in [0.5, 0.6) is 0 Å². The highest BCUT2D eigenvalue weighted by Crippen LogP contribution is 2.40. The molecule has 0 fully saturated rings. The predicted octanol–water partition coefficient (Wildman–Crippen LogP) is 9.69. The first-order valence-corrected chi connectivity index (χ1v) is 14.4. The summed E-state index contributed by atoms with van der Waals surface area (Å²) in [4.78, 5) is 12.5. The molecule has 0 aromatic heterocycles. The number of carbonyl (C=O) groups excluding carboxylic acids is 1. The molecule has 0 aliphatic carbocycles. The average Bonchev–Trinajstić information content (AvgIpc) is 3.06. The molecule has 6 aromatic carbocycles. The van der Waals surface area contributed by atoms with Crippen molar-refractivity contribution in [2.75, 3.05) is 0 Å². The van der Waals surface area contributed by atoms with E-state index in [2.05, 4.69) is 152 Å². The zero-order valence-corrected chi connectivity index (χ0v) is 23.5. The molecule has 6 rings (SSSR count). The van der Waals surface area contributed by atoms with E-state index in [1.54, 1.807) is 0 Å². The Balaban J connectivity index is 1.72. The van der Waals surface area contributed by atoms with Gasteiger partial charge in [0.1, 0.15) is 6.29 Å². The molecule has 0 heterocycles. The van der Waals surface area contributed by atoms with Gasteiger partial charge in [0.15, 0.2) is 0 Å². The molecule has 1 nitrogen and oxygen atoms in total. The SMILES string of the molecule is O=Cc1ccc(C(=C(c2ccccc2)c2ccccc2)c2ccccc2)c(Cc2ccccc2)c1Cc1ccccc1. The van der Waals surface area contributed by atoms with Gasteiger partial charge in [-0.15, -0.1) is 0 Å². The Bertz CT molecular complexity index is 1750. The standard InChI is InChI=1S/C41H32O/c42-30-36-26-27-37(39(29-32-18-8-2-9-19-32)38(36)28-31-16-6-1-7-17-31)41(35-24-14-5-15-25-35)40(33-20-10-3-11-21-33)34-22-12-4-13-23-34/h1-27,30H,28-29H2. The summed E-state index contributed by atoms with van der Waals surface area (Å²) in [5, 5.41) is 0. The molecule has 0 saturated heterocycles. The van der Waals surface area contributed by atoms with Gasteiger partial charge in [-0.1, -0.05) is 164 Å². The Hall–Kier alpha value is -5.27. The fourth-order valence-corrected chi connectivity index (χ4v) is 5.77. The highest BCUT2D eigenvalue weighted by molar-refractivity contribution is 6.05. The molecular formula is C41H32O. The first-order valence-electron chi connectivity index (χ1n) is 14.4. The second-order valence-electron chi connectivity index (χ2n) is 10.5. The molecule has 202 valence electrons. The lowest BCUT2D eigenvalue weighted by atomic mass is 9.80. The Morgan fingerprint density at radius 1 is 0.405 bits per heavy atom. The second-order valence-corrected chi connectivity index (χ2v) is 10.5. The van der Waals surface area contributed by atoms with Crippen LogP contribution in [0.4, 0.5) is 0 Å². The first kappa shape index (κ1) is 26.9. The second kappa shape index (κ2) is 12.9. The minimum atomic E-state index is 0.680. The van der Waals surface area contributed by atoms with Crippen LogP contribution in [0.2, 0.25) is 0 Å². The number of carbonyl (C=O) groups is 1. The average molecular weight is 541 g/mol. The topological polar surface area (TPSA) is 17.1 Å². The number of hydrogen-bond donors (Lipinski definition) is 0. The smallest absolute Gasteiger partial charge is 0.150 e. The molecule has 1 heteroatoms. The van der Waals surface area contributed by atoms with Crippen LogP contribution in [0.25, 0.3) is 11.1 Å². The van der Waals surface area contributed by atoms with E-state index in [4.69, 9.17) is 0 Å². The molecule has 0 radical (unpaired) electrons. The number of benzene rings is 6. The van der Waals surface area contributed by atoms with Gasteiger partial charge < -0.3 is 0 Å². The van der Waals surface area contributed by atoms with Crippen LogP contribution >= 0.6 is 0 Å². The van der Waals surface area contributed by atoms with Crippen LogP contribution in [0.3, 0.4) is 0 Å². The number of aldehydes is 1. The van der Waals surface area contributed by atoms with E-state index in [9.17, 15) is 4.79 Å². The molecule has 6 aromatic rings. The molecule has 0 atom stereocenters. The van der Waals surface area contributed by atoms with E-state index in [1.807, 2.05) is 12.1 Å². The third kappa shape index (κ3) is 5.92. The summed E-state index contributed by atoms with van der Waals surface area (Å²) in [7, 11) is 0. The van der Waals surface area contributed by atoms with Crippen molar-refractivity contribution in [2.24, 2.45) is 0 Å². The zero-order valence-electron chi connectivity index (χ0n) is 23.5. The van der Waals surface area contributed by atoms with Crippen LogP contribution in [0, 0.1) is 0 Å². The van der Waals surface area contributed by atoms with Gasteiger partial charge >= 0.3 is 0 Å². The molecule has 0 spiro atoms. The van der Waals surface area contributed by atoms with Gasteiger partial charge in [-0.05, 0) is 68.5 Å². The maximum absolute atomic E-state index is 12.5. The summed E-state index contributed by atoms with van der Waals surface area (Å²) in [6.45, 7) is 0. The van der Waals surface area contributed by atoms with Crippen molar-refractivity contribution in [2.45, 2.75) is 12.8 Å². The van der Waals surface area contributed by atoms with Crippen molar-refractivity contribution in [3.05, 3.63) is 214 Å². The van der Waals surface area contributed by atoms with Crippen molar-refractivity contribution >= 4 is 17.4 Å². The lowest BCUT2D eigenvalue weighted by molar-refractivity contribution is 0.112. The van der Waals surface area contributed by atoms with Crippen molar-refractivity contribution in [3.63, 3.8) is 0 Å². The Morgan fingerprint density at radius 2 is 0.786 bits per heavy atom. The molecule has 0 aliphatic heterocycles. The van der Waals surface area contributed by atoms with E-state index < -0.39 is 0 Å². The van der Waals surface area contributed by atoms with Crippen LogP contribution in [-0.2, 0) is 12.8 Å². The molecule has 0 N–H and O–H groups in total. The lowest BCUT2D eigenvalue weighted by Gasteiger charge is -2.23. The summed E-state index contributed by atoms with van der Waals surface area (Å²) in [6.07, 6.45) is 2.41. The van der Waals surface area contributed by atoms with Gasteiger partial charge in [-0.25, -0.2) is 0 Å². The summed E-state index contributed by atoms with van der Waals surface area (Å²) in [5.74, 6) is 0. The Kier molecular flexibility index (Phi) is 8.29. The van der Waals surface area contributed by atoms with Gasteiger partial charge in [0.2, 0.25) is 0 Å². The molecule has 0 bridgehead atoms. The van der Waals surface area contributed by atoms with Gasteiger partial charge in [0.25, 0.3) is 0 Å². The maximum Gasteiger partial charge on any atom is 0.150 e. The van der Waals surface area contributed by atoms with Gasteiger partial charge in [-0.3, -0.25) is 4.79 Å². The molecule has 0 amide bonds. The zero-order chi connectivity index (χ0) is 28.6. The monoisotopic (exact) mass is 540 g/mol. The minimum absolute atomic E-state index is 0.680. The fraction of sp³-hybridized carbons (Fsp3) is 0.0488. The quantitative estimate of drug-likeness (QED) is 0.132. The van der Waals surface area contributed by atoms with Gasteiger partial charge in [0.05, 0.1) is 0 Å². The molecular weight excluding hydrogens is 508 g/mol. The normalized spacial score (nSPS) is 10.7. The Morgan fingerprint density at radius 3 is 1.21 bits per heavy atom. The summed E-state index contributed by atoms with van der Waals surface area (Å²) >= 11 is 0. The summed E-state index contributed by atoms with van der Waals surface area (Å²) < 4.78 is 0. The van der Waals surface area contributed by atoms with E-state index in [0.717, 1.165) is 45.2 Å². The van der Waals surface area contributed by atoms with Crippen LogP contribution < -0.4 is 0 Å². The van der Waals surface area contributed by atoms with Crippen LogP contribution in [-0.4, -0.2) is 6.29 Å². The van der Waals surface area contributed by atoms with E-state index in [-0.39, 0.29) is 0 Å². The lowest BCUT2D eigenvalue weighted by Crippen LogP contribution is -2.08. The minimum Gasteiger partial charge on any atom is -0.298 e. The maximum atomic E-state index is 12.5. The van der Waals surface area contributed by atoms with Crippen LogP contribution in [0.1, 0.15) is 54.9 Å². The van der Waals surface area contributed by atoms with E-state index in [1.165, 1.54) is 22.3 Å². The first-order chi connectivity index (χ1) is 20.8. The van der Waals surface area contributed by atoms with Crippen molar-refractivity contribution in [1.29, 1.82) is 0 Å². The fourth-order valence-electron chi connectivity index (χ4n) is 5.77. The molecule has 0 unspecified atom stereocenters. The highest BCUT2D eigenvalue weighted by atomic mass is 16.1. The molecule has 0 saturated carbocycles. The van der Waals surface area contributed by atoms with Crippen molar-refractivity contribution < 1.29 is 4.79 Å². The highest BCUT2D eigenvalue weighted by Gasteiger charge is 2.22. The third-order valence-electron chi connectivity index (χ3n) is 7.75. The van der Waals surface area contributed by atoms with Crippen molar-refractivity contribution in [3.8, 4) is 0 Å². The summed E-state index contributed by atoms with van der Waals surface area (Å²) in [6, 6.07) is 57.1. The predicted molar refractivity (Wildman–Crippen MR) is 175 cm³/mol. The number of hydrogen-bond acceptors (Lipinski definition) is 1. The van der Waals surface area contributed by atoms with E-state index in [0.29, 0.717) is 12.8 Å². The molecule has 42 heavy (non-hydrogen) atoms. The van der Waals surface area contributed by atoms with Gasteiger partial charge in [0, 0.05) is 5.56 Å². The molecule has 0 aliphatic rings. The van der Waals surface area contributed by atoms with Gasteiger partial charge in [-0.2, -0.15) is 0 Å². The van der Waals surface area contributed by atoms with Crippen molar-refractivity contribution in [1.82, 2.24) is 0 Å². The third-order valence-corrected chi connectivity index (χ3v) is 7.75. The van der Waals surface area contributed by atoms with E-state index >= 15 is 0 Å². The largest absolute Gasteiger partial charge is 0.298 e. The number of rotatable bonds is 9. The summed E-state index contributed by atoms with van der Waals surface area (Å²) in [5.41, 5.74) is 12.3. The Labute approximate surface area is 248 Å².